The van der Waals surface area contributed by atoms with Crippen LogP contribution in [0.4, 0.5) is 13.2 Å². The molecule has 16 heavy (non-hydrogen) atoms. The zero-order chi connectivity index (χ0) is 11.7. The van der Waals surface area contributed by atoms with Crippen LogP contribution in [0.2, 0.25) is 0 Å². The number of hydrogen-bond donors (Lipinski definition) is 0. The standard InChI is InChI=1S/C13H9F3/c1-8-3-2-4-9(5-8)10-6-11(14)13(16)12(15)7-10/h2-7H,1H3. The molecule has 0 nitrogen and oxygen atoms in total. The van der Waals surface area contributed by atoms with Crippen molar-refractivity contribution >= 4 is 0 Å². The van der Waals surface area contributed by atoms with Gasteiger partial charge in [0.05, 0.1) is 0 Å². The highest BCUT2D eigenvalue weighted by Gasteiger charge is 2.11. The second kappa shape index (κ2) is 4.00. The van der Waals surface area contributed by atoms with Gasteiger partial charge in [0.15, 0.2) is 17.5 Å². The van der Waals surface area contributed by atoms with Gasteiger partial charge in [0.2, 0.25) is 0 Å². The van der Waals surface area contributed by atoms with Crippen LogP contribution in [0.5, 0.6) is 0 Å². The van der Waals surface area contributed by atoms with Crippen LogP contribution >= 0.6 is 0 Å². The minimum Gasteiger partial charge on any atom is -0.204 e. The second-order valence-corrected chi connectivity index (χ2v) is 3.62. The number of aryl methyl sites for hydroxylation is 1. The van der Waals surface area contributed by atoms with Crippen molar-refractivity contribution in [2.75, 3.05) is 0 Å². The predicted octanol–water partition coefficient (Wildman–Crippen LogP) is 4.08. The summed E-state index contributed by atoms with van der Waals surface area (Å²) >= 11 is 0. The lowest BCUT2D eigenvalue weighted by Gasteiger charge is -2.04. The molecule has 2 rings (SSSR count). The highest BCUT2D eigenvalue weighted by molar-refractivity contribution is 5.64. The molecule has 0 spiro atoms. The van der Waals surface area contributed by atoms with Crippen molar-refractivity contribution in [3.05, 3.63) is 59.4 Å². The minimum atomic E-state index is -1.43. The van der Waals surface area contributed by atoms with Crippen LogP contribution in [0.15, 0.2) is 36.4 Å². The molecule has 0 bridgehead atoms. The zero-order valence-electron chi connectivity index (χ0n) is 8.60. The first-order valence-electron chi connectivity index (χ1n) is 4.79. The molecule has 0 unspecified atom stereocenters. The Kier molecular flexibility index (Phi) is 2.69. The van der Waals surface area contributed by atoms with E-state index in [9.17, 15) is 13.2 Å². The molecule has 0 fully saturated rings. The van der Waals surface area contributed by atoms with Gasteiger partial charge in [0.25, 0.3) is 0 Å². The lowest BCUT2D eigenvalue weighted by molar-refractivity contribution is 0.448. The molecular formula is C13H9F3. The molecule has 0 atom stereocenters. The Morgan fingerprint density at radius 1 is 0.812 bits per heavy atom. The molecule has 2 aromatic rings. The topological polar surface area (TPSA) is 0 Å². The summed E-state index contributed by atoms with van der Waals surface area (Å²) in [5, 5.41) is 0. The summed E-state index contributed by atoms with van der Waals surface area (Å²) < 4.78 is 38.8. The van der Waals surface area contributed by atoms with Crippen molar-refractivity contribution in [1.82, 2.24) is 0 Å². The van der Waals surface area contributed by atoms with Crippen LogP contribution in [-0.4, -0.2) is 0 Å². The van der Waals surface area contributed by atoms with Gasteiger partial charge in [-0.15, -0.1) is 0 Å². The number of halogens is 3. The quantitative estimate of drug-likeness (QED) is 0.638. The third-order valence-corrected chi connectivity index (χ3v) is 2.34. The molecule has 0 N–H and O–H groups in total. The number of benzene rings is 2. The van der Waals surface area contributed by atoms with E-state index in [-0.39, 0.29) is 0 Å². The van der Waals surface area contributed by atoms with Crippen LogP contribution in [0.3, 0.4) is 0 Å². The molecule has 0 aliphatic heterocycles. The van der Waals surface area contributed by atoms with Gasteiger partial charge < -0.3 is 0 Å². The van der Waals surface area contributed by atoms with E-state index < -0.39 is 17.5 Å². The molecular weight excluding hydrogens is 213 g/mol. The zero-order valence-corrected chi connectivity index (χ0v) is 8.60. The van der Waals surface area contributed by atoms with Crippen molar-refractivity contribution in [1.29, 1.82) is 0 Å². The van der Waals surface area contributed by atoms with E-state index >= 15 is 0 Å². The first-order valence-corrected chi connectivity index (χ1v) is 4.79. The van der Waals surface area contributed by atoms with E-state index in [0.717, 1.165) is 17.7 Å². The number of hydrogen-bond acceptors (Lipinski definition) is 0. The van der Waals surface area contributed by atoms with Gasteiger partial charge in [-0.2, -0.15) is 0 Å². The summed E-state index contributed by atoms with van der Waals surface area (Å²) in [5.41, 5.74) is 1.97. The van der Waals surface area contributed by atoms with E-state index in [2.05, 4.69) is 0 Å². The Balaban J connectivity index is 2.57. The lowest BCUT2D eigenvalue weighted by Crippen LogP contribution is -1.91. The minimum absolute atomic E-state index is 0.333. The molecule has 0 aliphatic rings. The highest BCUT2D eigenvalue weighted by atomic mass is 19.2. The maximum Gasteiger partial charge on any atom is 0.194 e. The molecule has 82 valence electrons. The van der Waals surface area contributed by atoms with Gasteiger partial charge in [0.1, 0.15) is 0 Å². The fourth-order valence-electron chi connectivity index (χ4n) is 1.55. The normalized spacial score (nSPS) is 10.5. The average molecular weight is 222 g/mol. The van der Waals surface area contributed by atoms with Gasteiger partial charge in [-0.3, -0.25) is 0 Å². The summed E-state index contributed by atoms with van der Waals surface area (Å²) in [7, 11) is 0. The van der Waals surface area contributed by atoms with Crippen molar-refractivity contribution in [2.24, 2.45) is 0 Å². The van der Waals surface area contributed by atoms with E-state index in [4.69, 9.17) is 0 Å². The van der Waals surface area contributed by atoms with E-state index in [1.165, 1.54) is 0 Å². The summed E-state index contributed by atoms with van der Waals surface area (Å²) in [6.07, 6.45) is 0. The first-order chi connectivity index (χ1) is 7.58. The smallest absolute Gasteiger partial charge is 0.194 e. The maximum absolute atomic E-state index is 13.0. The van der Waals surface area contributed by atoms with Gasteiger partial charge in [-0.25, -0.2) is 13.2 Å². The van der Waals surface area contributed by atoms with Crippen molar-refractivity contribution in [2.45, 2.75) is 6.92 Å². The van der Waals surface area contributed by atoms with Crippen LogP contribution < -0.4 is 0 Å². The van der Waals surface area contributed by atoms with Gasteiger partial charge in [-0.05, 0) is 30.2 Å². The van der Waals surface area contributed by atoms with Gasteiger partial charge >= 0.3 is 0 Å². The third kappa shape index (κ3) is 1.94. The summed E-state index contributed by atoms with van der Waals surface area (Å²) in [5.74, 6) is -3.77. The van der Waals surface area contributed by atoms with Crippen LogP contribution in [0.25, 0.3) is 11.1 Å². The lowest BCUT2D eigenvalue weighted by atomic mass is 10.0. The average Bonchev–Trinajstić information content (AvgIpc) is 2.25. The van der Waals surface area contributed by atoms with Crippen LogP contribution in [-0.2, 0) is 0 Å². The van der Waals surface area contributed by atoms with E-state index in [1.54, 1.807) is 18.2 Å². The fraction of sp³-hybridized carbons (Fsp3) is 0.0769. The van der Waals surface area contributed by atoms with Gasteiger partial charge in [0, 0.05) is 0 Å². The summed E-state index contributed by atoms with van der Waals surface area (Å²) in [6, 6.07) is 9.15. The molecule has 0 saturated heterocycles. The summed E-state index contributed by atoms with van der Waals surface area (Å²) in [6.45, 7) is 1.87. The molecule has 0 radical (unpaired) electrons. The van der Waals surface area contributed by atoms with E-state index in [0.29, 0.717) is 11.1 Å². The predicted molar refractivity (Wildman–Crippen MR) is 56.5 cm³/mol. The largest absolute Gasteiger partial charge is 0.204 e. The van der Waals surface area contributed by atoms with Crippen LogP contribution in [0, 0.1) is 24.4 Å². The summed E-state index contributed by atoms with van der Waals surface area (Å²) in [4.78, 5) is 0. The Morgan fingerprint density at radius 3 is 2.00 bits per heavy atom. The Morgan fingerprint density at radius 2 is 1.44 bits per heavy atom. The van der Waals surface area contributed by atoms with Crippen molar-refractivity contribution in [3.63, 3.8) is 0 Å². The van der Waals surface area contributed by atoms with Crippen molar-refractivity contribution < 1.29 is 13.2 Å². The highest BCUT2D eigenvalue weighted by Crippen LogP contribution is 2.24. The van der Waals surface area contributed by atoms with Crippen molar-refractivity contribution in [3.8, 4) is 11.1 Å². The monoisotopic (exact) mass is 222 g/mol. The third-order valence-electron chi connectivity index (χ3n) is 2.34. The molecule has 2 aromatic carbocycles. The molecule has 0 amide bonds. The van der Waals surface area contributed by atoms with Crippen LogP contribution in [0.1, 0.15) is 5.56 Å². The van der Waals surface area contributed by atoms with Gasteiger partial charge in [-0.1, -0.05) is 29.8 Å². The Bertz CT molecular complexity index is 509. The molecule has 0 aliphatic carbocycles. The molecule has 3 heteroatoms. The number of rotatable bonds is 1. The molecule has 0 aromatic heterocycles. The Labute approximate surface area is 91.4 Å². The SMILES string of the molecule is Cc1cccc(-c2cc(F)c(F)c(F)c2)c1. The Hall–Kier alpha value is -1.77. The fourth-order valence-corrected chi connectivity index (χ4v) is 1.55. The molecule has 0 saturated carbocycles. The second-order valence-electron chi connectivity index (χ2n) is 3.62. The first kappa shape index (κ1) is 10.7. The molecule has 0 heterocycles. The van der Waals surface area contributed by atoms with E-state index in [1.807, 2.05) is 13.0 Å². The maximum atomic E-state index is 13.0.